The number of benzene rings is 7. The summed E-state index contributed by atoms with van der Waals surface area (Å²) in [7, 11) is 0. The summed E-state index contributed by atoms with van der Waals surface area (Å²) >= 11 is 0. The lowest BCUT2D eigenvalue weighted by atomic mass is 9.87. The van der Waals surface area contributed by atoms with Gasteiger partial charge in [-0.05, 0) is 130 Å². The molecule has 0 aliphatic carbocycles. The number of nitrogens with zero attached hydrogens (tertiary/aromatic N) is 7. The van der Waals surface area contributed by atoms with Crippen molar-refractivity contribution >= 4 is 54.9 Å². The second-order valence-corrected chi connectivity index (χ2v) is 18.6. The molecule has 0 fully saturated rings. The molecule has 0 saturated heterocycles. The SMILES string of the molecule is [2H]C([2H])([2H])c1c(C([2H])([2H])C([2H])([2H])c2cc(-c3ccccc3-c3cnc(-c4ccccc4)cc3-c3ccc(-c4ccccc4)cc3)cc(C([2H])([2H])C([2H])([2H])c3cnc4c5ccccc5n5ccnc5c4c3C([2H])([2H])[2H])c2)cnc2c3ccccc3n3ccnc3c12. The molecule has 7 nitrogen and oxygen atoms in total. The van der Waals surface area contributed by atoms with Crippen molar-refractivity contribution in [2.45, 2.75) is 39.2 Å². The monoisotopic (exact) mass is 992 g/mol. The summed E-state index contributed by atoms with van der Waals surface area (Å²) in [5.74, 6) is 0. The van der Waals surface area contributed by atoms with Gasteiger partial charge in [-0.1, -0.05) is 164 Å². The molecule has 76 heavy (non-hydrogen) atoms. The second-order valence-electron chi connectivity index (χ2n) is 18.6. The van der Waals surface area contributed by atoms with Gasteiger partial charge in [0, 0.05) is 95.2 Å². The van der Waals surface area contributed by atoms with Gasteiger partial charge in [0.25, 0.3) is 0 Å². The lowest BCUT2D eigenvalue weighted by Crippen LogP contribution is -2.02. The molecule has 14 rings (SSSR count). The molecule has 7 aromatic carbocycles. The third-order valence-corrected chi connectivity index (χ3v) is 14.1. The van der Waals surface area contributed by atoms with E-state index in [1.807, 2.05) is 121 Å². The highest BCUT2D eigenvalue weighted by Gasteiger charge is 2.20. The van der Waals surface area contributed by atoms with Gasteiger partial charge in [0.1, 0.15) is 11.3 Å². The number of aryl methyl sites for hydroxylation is 6. The lowest BCUT2D eigenvalue weighted by Gasteiger charge is -2.18. The number of hydrogen-bond donors (Lipinski definition) is 0. The Morgan fingerprint density at radius 3 is 1.47 bits per heavy atom. The molecular weight excluding hydrogens is 927 g/mol. The number of para-hydroxylation sites is 2. The van der Waals surface area contributed by atoms with Crippen LogP contribution in [0, 0.1) is 13.7 Å². The van der Waals surface area contributed by atoms with Gasteiger partial charge in [-0.3, -0.25) is 23.8 Å². The van der Waals surface area contributed by atoms with Gasteiger partial charge in [0.15, 0.2) is 0 Å². The molecule has 0 spiro atoms. The average molecular weight is 992 g/mol. The molecule has 0 atom stereocenters. The van der Waals surface area contributed by atoms with Crippen molar-refractivity contribution in [3.63, 3.8) is 0 Å². The van der Waals surface area contributed by atoms with E-state index in [-0.39, 0.29) is 38.7 Å². The highest BCUT2D eigenvalue weighted by atomic mass is 15.0. The van der Waals surface area contributed by atoms with Crippen LogP contribution in [0.1, 0.15) is 52.6 Å². The van der Waals surface area contributed by atoms with Gasteiger partial charge in [0.05, 0.1) is 27.8 Å². The fourth-order valence-electron chi connectivity index (χ4n) is 10.5. The van der Waals surface area contributed by atoms with Crippen LogP contribution >= 0.6 is 0 Å². The Hall–Kier alpha value is -9.59. The molecule has 0 aliphatic rings. The van der Waals surface area contributed by atoms with E-state index >= 15 is 0 Å². The summed E-state index contributed by atoms with van der Waals surface area (Å²) in [6, 6.07) is 54.8. The van der Waals surface area contributed by atoms with Gasteiger partial charge in [-0.15, -0.1) is 0 Å². The number of hydrogen-bond acceptors (Lipinski definition) is 5. The summed E-state index contributed by atoms with van der Waals surface area (Å²) in [6.45, 7) is -6.19. The first-order chi connectivity index (χ1) is 43.0. The van der Waals surface area contributed by atoms with E-state index < -0.39 is 72.6 Å². The van der Waals surface area contributed by atoms with E-state index in [2.05, 4.69) is 9.97 Å². The van der Waals surface area contributed by atoms with Gasteiger partial charge >= 0.3 is 0 Å². The molecule has 14 aromatic rings. The van der Waals surface area contributed by atoms with Crippen LogP contribution in [0.3, 0.4) is 0 Å². The van der Waals surface area contributed by atoms with E-state index in [1.54, 1.807) is 69.9 Å². The zero-order chi connectivity index (χ0) is 62.9. The van der Waals surface area contributed by atoms with Crippen molar-refractivity contribution in [1.29, 1.82) is 0 Å². The minimum atomic E-state index is -3.32. The van der Waals surface area contributed by atoms with Crippen molar-refractivity contribution in [3.05, 3.63) is 259 Å². The van der Waals surface area contributed by atoms with E-state index in [4.69, 9.17) is 23.2 Å². The molecule has 0 unspecified atom stereocenters. The van der Waals surface area contributed by atoms with Gasteiger partial charge in [-0.25, -0.2) is 9.97 Å². The lowest BCUT2D eigenvalue weighted by molar-refractivity contribution is 0.918. The molecule has 0 saturated carbocycles. The standard InChI is InChI=1S/C69H51N7/c1-44-52(41-73-66-57-21-11-13-23-62(57)75-35-33-70-68(75)64(44)66)27-25-46-37-47(26-28-53-42-74-67-58-22-12-14-24-63(58)76-36-34-71-69(76)65(67)45(53)2)39-54(38-46)55-19-9-10-20-56(55)60-43-72-61(51-17-7-4-8-18-51)40-59(60)50-31-29-49(30-32-50)48-15-5-3-6-16-48/h3-24,29-43H,25-28H2,1-2H3/i1D3,2D3,25D2,26D2,27D2,28D2. The zero-order valence-corrected chi connectivity index (χ0v) is 40.5. The molecule has 0 bridgehead atoms. The van der Waals surface area contributed by atoms with Crippen LogP contribution < -0.4 is 0 Å². The number of fused-ring (bicyclic) bond motifs is 12. The van der Waals surface area contributed by atoms with Crippen LogP contribution in [0.5, 0.6) is 0 Å². The first-order valence-electron chi connectivity index (χ1n) is 31.8. The summed E-state index contributed by atoms with van der Waals surface area (Å²) in [5, 5.41) is 1.04. The van der Waals surface area contributed by atoms with E-state index in [0.29, 0.717) is 44.2 Å². The van der Waals surface area contributed by atoms with Crippen molar-refractivity contribution < 1.29 is 19.2 Å². The smallest absolute Gasteiger partial charge is 0.146 e. The van der Waals surface area contributed by atoms with Crippen LogP contribution in [-0.4, -0.2) is 33.7 Å². The summed E-state index contributed by atoms with van der Waals surface area (Å²) in [4.78, 5) is 23.5. The maximum Gasteiger partial charge on any atom is 0.146 e. The fourth-order valence-corrected chi connectivity index (χ4v) is 10.5. The number of rotatable bonds is 11. The first kappa shape index (κ1) is 32.6. The molecule has 0 N–H and O–H groups in total. The molecule has 7 heterocycles. The Morgan fingerprint density at radius 1 is 0.395 bits per heavy atom. The highest BCUT2D eigenvalue weighted by molar-refractivity contribution is 6.12. The quantitative estimate of drug-likeness (QED) is 0.121. The Labute approximate surface area is 460 Å². The summed E-state index contributed by atoms with van der Waals surface area (Å²) in [6.07, 6.45) is -3.19. The third kappa shape index (κ3) is 7.78. The summed E-state index contributed by atoms with van der Waals surface area (Å²) in [5.41, 5.74) is 5.33. The van der Waals surface area contributed by atoms with Crippen LogP contribution in [0.25, 0.3) is 111 Å². The Kier molecular flexibility index (Phi) is 8.02. The largest absolute Gasteiger partial charge is 0.299 e. The van der Waals surface area contributed by atoms with Crippen molar-refractivity contribution in [2.24, 2.45) is 0 Å². The fraction of sp³-hybridized carbons (Fsp3) is 0.0870. The van der Waals surface area contributed by atoms with Gasteiger partial charge < -0.3 is 0 Å². The van der Waals surface area contributed by atoms with E-state index in [1.165, 1.54) is 24.5 Å². The minimum absolute atomic E-state index is 0.0177. The third-order valence-electron chi connectivity index (χ3n) is 14.1. The molecule has 0 amide bonds. The van der Waals surface area contributed by atoms with Gasteiger partial charge in [0.2, 0.25) is 0 Å². The summed E-state index contributed by atoms with van der Waals surface area (Å²) < 4.78 is 139. The van der Waals surface area contributed by atoms with Crippen LogP contribution in [-0.2, 0) is 25.5 Å². The maximum absolute atomic E-state index is 10.2. The molecular formula is C69H51N7. The Balaban J connectivity index is 1.01. The molecule has 0 radical (unpaired) electrons. The topological polar surface area (TPSA) is 73.3 Å². The highest BCUT2D eigenvalue weighted by Crippen LogP contribution is 2.41. The number of imidazole rings is 2. The predicted octanol–water partition coefficient (Wildman–Crippen LogP) is 16.3. The molecule has 7 aromatic heterocycles. The average Bonchev–Trinajstić information content (AvgIpc) is 1.05. The second kappa shape index (κ2) is 18.7. The first-order valence-corrected chi connectivity index (χ1v) is 24.8. The van der Waals surface area contributed by atoms with Crippen LogP contribution in [0.4, 0.5) is 0 Å². The zero-order valence-electron chi connectivity index (χ0n) is 54.5. The van der Waals surface area contributed by atoms with Crippen molar-refractivity contribution in [2.75, 3.05) is 0 Å². The van der Waals surface area contributed by atoms with Crippen LogP contribution in [0.2, 0.25) is 0 Å². The minimum Gasteiger partial charge on any atom is -0.299 e. The normalized spacial score (nSPS) is 15.6. The molecule has 7 heteroatoms. The Bertz CT molecular complexity index is 4960. The predicted molar refractivity (Wildman–Crippen MR) is 312 cm³/mol. The number of pyridine rings is 5. The number of aromatic nitrogens is 7. The Morgan fingerprint density at radius 2 is 0.895 bits per heavy atom. The van der Waals surface area contributed by atoms with E-state index in [0.717, 1.165) is 46.3 Å². The van der Waals surface area contributed by atoms with Crippen LogP contribution in [0.15, 0.2) is 225 Å². The van der Waals surface area contributed by atoms with E-state index in [9.17, 15) is 11.0 Å². The van der Waals surface area contributed by atoms with Crippen molar-refractivity contribution in [3.8, 4) is 55.8 Å². The maximum atomic E-state index is 10.2. The molecule has 0 aliphatic heterocycles. The van der Waals surface area contributed by atoms with Gasteiger partial charge in [-0.2, -0.15) is 0 Å². The molecule has 362 valence electrons. The van der Waals surface area contributed by atoms with Crippen molar-refractivity contribution in [1.82, 2.24) is 33.7 Å².